The summed E-state index contributed by atoms with van der Waals surface area (Å²) in [5.74, 6) is 0.552. The fourth-order valence-electron chi connectivity index (χ4n) is 3.53. The summed E-state index contributed by atoms with van der Waals surface area (Å²) in [7, 11) is 2.96. The maximum absolute atomic E-state index is 11.8. The molecule has 3 aromatic rings. The molecule has 3 rings (SSSR count). The highest BCUT2D eigenvalue weighted by Crippen LogP contribution is 2.26. The second-order valence-corrected chi connectivity index (χ2v) is 7.03. The molecule has 0 atom stereocenters. The van der Waals surface area contributed by atoms with Gasteiger partial charge in [-0.25, -0.2) is 14.8 Å². The van der Waals surface area contributed by atoms with Crippen LogP contribution in [0.2, 0.25) is 0 Å². The molecule has 0 aliphatic heterocycles. The van der Waals surface area contributed by atoms with Crippen LogP contribution in [0.4, 0.5) is 5.95 Å². The van der Waals surface area contributed by atoms with Gasteiger partial charge in [0.15, 0.2) is 0 Å². The SMILES string of the molecule is CCCCCCc1nc(N)nc2ccn(Cc3ccc(C(=O)OC)cc3OC)c12. The van der Waals surface area contributed by atoms with Crippen molar-refractivity contribution in [2.24, 2.45) is 0 Å². The van der Waals surface area contributed by atoms with Crippen molar-refractivity contribution < 1.29 is 14.3 Å². The molecule has 154 valence electrons. The lowest BCUT2D eigenvalue weighted by Crippen LogP contribution is -2.07. The van der Waals surface area contributed by atoms with E-state index < -0.39 is 0 Å². The van der Waals surface area contributed by atoms with Crippen molar-refractivity contribution in [2.75, 3.05) is 20.0 Å². The number of carbonyl (C=O) groups is 1. The van der Waals surface area contributed by atoms with Gasteiger partial charge in [-0.3, -0.25) is 0 Å². The van der Waals surface area contributed by atoms with Gasteiger partial charge in [0.05, 0.1) is 43.1 Å². The Morgan fingerprint density at radius 1 is 1.14 bits per heavy atom. The molecule has 29 heavy (non-hydrogen) atoms. The summed E-state index contributed by atoms with van der Waals surface area (Å²) in [6, 6.07) is 7.29. The first-order chi connectivity index (χ1) is 14.1. The number of rotatable bonds is 9. The minimum absolute atomic E-state index is 0.306. The average Bonchev–Trinajstić information content (AvgIpc) is 3.13. The number of methoxy groups -OCH3 is 2. The van der Waals surface area contributed by atoms with Gasteiger partial charge in [0.1, 0.15) is 5.75 Å². The minimum atomic E-state index is -0.389. The Bertz CT molecular complexity index is 997. The molecule has 2 heterocycles. The summed E-state index contributed by atoms with van der Waals surface area (Å²) >= 11 is 0. The van der Waals surface area contributed by atoms with Crippen LogP contribution < -0.4 is 10.5 Å². The number of aryl methyl sites for hydroxylation is 1. The number of hydrogen-bond donors (Lipinski definition) is 1. The van der Waals surface area contributed by atoms with E-state index >= 15 is 0 Å². The number of benzene rings is 1. The van der Waals surface area contributed by atoms with Gasteiger partial charge in [-0.2, -0.15) is 0 Å². The zero-order valence-electron chi connectivity index (χ0n) is 17.3. The number of hydrogen-bond acceptors (Lipinski definition) is 6. The largest absolute Gasteiger partial charge is 0.496 e. The lowest BCUT2D eigenvalue weighted by molar-refractivity contribution is 0.0600. The number of fused-ring (bicyclic) bond motifs is 1. The van der Waals surface area contributed by atoms with E-state index in [2.05, 4.69) is 21.5 Å². The van der Waals surface area contributed by atoms with Crippen molar-refractivity contribution in [2.45, 2.75) is 45.6 Å². The van der Waals surface area contributed by atoms with Crippen molar-refractivity contribution >= 4 is 23.0 Å². The first kappa shape index (κ1) is 20.6. The molecule has 0 amide bonds. The Morgan fingerprint density at radius 2 is 1.97 bits per heavy atom. The maximum atomic E-state index is 11.8. The molecule has 0 saturated carbocycles. The number of nitrogen functional groups attached to an aromatic ring is 1. The van der Waals surface area contributed by atoms with E-state index in [1.807, 2.05) is 18.3 Å². The van der Waals surface area contributed by atoms with Crippen LogP contribution >= 0.6 is 0 Å². The Kier molecular flexibility index (Phi) is 6.69. The van der Waals surface area contributed by atoms with Gasteiger partial charge in [0.2, 0.25) is 5.95 Å². The standard InChI is InChI=1S/C22H28N4O3/c1-4-5-6-7-8-17-20-18(25-22(23)24-17)11-12-26(20)14-16-10-9-15(21(27)29-3)13-19(16)28-2/h9-13H,4-8,14H2,1-3H3,(H2,23,24,25). The second kappa shape index (κ2) is 9.41. The van der Waals surface area contributed by atoms with E-state index in [-0.39, 0.29) is 5.97 Å². The molecule has 0 radical (unpaired) electrons. The molecule has 0 fully saturated rings. The molecule has 0 spiro atoms. The van der Waals surface area contributed by atoms with Crippen LogP contribution in [-0.4, -0.2) is 34.7 Å². The van der Waals surface area contributed by atoms with Crippen molar-refractivity contribution in [1.82, 2.24) is 14.5 Å². The fourth-order valence-corrected chi connectivity index (χ4v) is 3.53. The molecule has 1 aromatic carbocycles. The Labute approximate surface area is 170 Å². The van der Waals surface area contributed by atoms with Crippen molar-refractivity contribution in [1.29, 1.82) is 0 Å². The predicted molar refractivity (Wildman–Crippen MR) is 113 cm³/mol. The van der Waals surface area contributed by atoms with Gasteiger partial charge in [-0.15, -0.1) is 0 Å². The van der Waals surface area contributed by atoms with Gasteiger partial charge in [-0.05, 0) is 31.0 Å². The number of esters is 1. The van der Waals surface area contributed by atoms with Crippen molar-refractivity contribution in [3.8, 4) is 5.75 Å². The molecule has 2 N–H and O–H groups in total. The van der Waals surface area contributed by atoms with Crippen LogP contribution in [0.15, 0.2) is 30.5 Å². The third-order valence-corrected chi connectivity index (χ3v) is 5.02. The Hall–Kier alpha value is -3.09. The lowest BCUT2D eigenvalue weighted by Gasteiger charge is -2.13. The van der Waals surface area contributed by atoms with Gasteiger partial charge >= 0.3 is 5.97 Å². The number of nitrogens with two attached hydrogens (primary N) is 1. The topological polar surface area (TPSA) is 92.3 Å². The summed E-state index contributed by atoms with van der Waals surface area (Å²) in [5.41, 5.74) is 10.1. The van der Waals surface area contributed by atoms with Crippen LogP contribution in [-0.2, 0) is 17.7 Å². The molecule has 2 aromatic heterocycles. The Balaban J connectivity index is 1.93. The monoisotopic (exact) mass is 396 g/mol. The molecule has 0 unspecified atom stereocenters. The molecule has 7 nitrogen and oxygen atoms in total. The zero-order valence-corrected chi connectivity index (χ0v) is 17.3. The van der Waals surface area contributed by atoms with Crippen LogP contribution in [0.3, 0.4) is 0 Å². The number of carbonyl (C=O) groups excluding carboxylic acids is 1. The summed E-state index contributed by atoms with van der Waals surface area (Å²) in [6.45, 7) is 2.77. The highest BCUT2D eigenvalue weighted by atomic mass is 16.5. The van der Waals surface area contributed by atoms with Crippen molar-refractivity contribution in [3.05, 3.63) is 47.3 Å². The molecule has 0 aliphatic rings. The quantitative estimate of drug-likeness (QED) is 0.434. The second-order valence-electron chi connectivity index (χ2n) is 7.03. The molecular formula is C22H28N4O3. The third kappa shape index (κ3) is 4.67. The van der Waals surface area contributed by atoms with E-state index in [9.17, 15) is 4.79 Å². The first-order valence-electron chi connectivity index (χ1n) is 9.93. The van der Waals surface area contributed by atoms with Crippen LogP contribution in [0.5, 0.6) is 5.75 Å². The zero-order chi connectivity index (χ0) is 20.8. The van der Waals surface area contributed by atoms with Crippen LogP contribution in [0.25, 0.3) is 11.0 Å². The number of nitrogens with zero attached hydrogens (tertiary/aromatic N) is 3. The molecule has 0 bridgehead atoms. The summed E-state index contributed by atoms with van der Waals surface area (Å²) in [6.07, 6.45) is 7.51. The number of ether oxygens (including phenoxy) is 2. The van der Waals surface area contributed by atoms with Crippen LogP contribution in [0, 0.1) is 0 Å². The average molecular weight is 396 g/mol. The molecular weight excluding hydrogens is 368 g/mol. The van der Waals surface area contributed by atoms with Crippen LogP contribution in [0.1, 0.15) is 54.2 Å². The first-order valence-corrected chi connectivity index (χ1v) is 9.93. The van der Waals surface area contributed by atoms with Gasteiger partial charge in [0.25, 0.3) is 0 Å². The molecule has 0 aliphatic carbocycles. The van der Waals surface area contributed by atoms with E-state index in [1.165, 1.54) is 26.4 Å². The highest BCUT2D eigenvalue weighted by molar-refractivity contribution is 5.90. The van der Waals surface area contributed by atoms with Gasteiger partial charge in [0, 0.05) is 11.8 Å². The summed E-state index contributed by atoms with van der Waals surface area (Å²) in [5, 5.41) is 0. The van der Waals surface area contributed by atoms with Gasteiger partial charge in [-0.1, -0.05) is 32.3 Å². The lowest BCUT2D eigenvalue weighted by atomic mass is 10.1. The summed E-state index contributed by atoms with van der Waals surface area (Å²) in [4.78, 5) is 20.7. The summed E-state index contributed by atoms with van der Waals surface area (Å²) < 4.78 is 12.4. The van der Waals surface area contributed by atoms with Crippen molar-refractivity contribution in [3.63, 3.8) is 0 Å². The van der Waals surface area contributed by atoms with E-state index in [1.54, 1.807) is 19.2 Å². The molecule has 0 saturated heterocycles. The van der Waals surface area contributed by atoms with E-state index in [0.29, 0.717) is 23.8 Å². The highest BCUT2D eigenvalue weighted by Gasteiger charge is 2.15. The fraction of sp³-hybridized carbons (Fsp3) is 0.409. The smallest absolute Gasteiger partial charge is 0.337 e. The normalized spacial score (nSPS) is 11.0. The van der Waals surface area contributed by atoms with E-state index in [0.717, 1.165) is 35.1 Å². The minimum Gasteiger partial charge on any atom is -0.496 e. The number of aromatic nitrogens is 3. The van der Waals surface area contributed by atoms with E-state index in [4.69, 9.17) is 15.2 Å². The Morgan fingerprint density at radius 3 is 2.69 bits per heavy atom. The maximum Gasteiger partial charge on any atom is 0.337 e. The van der Waals surface area contributed by atoms with Gasteiger partial charge < -0.3 is 19.8 Å². The third-order valence-electron chi connectivity index (χ3n) is 5.02. The molecule has 7 heteroatoms. The predicted octanol–water partition coefficient (Wildman–Crippen LogP) is 3.98. The number of anilines is 1. The number of unbranched alkanes of at least 4 members (excludes halogenated alkanes) is 3.